The Morgan fingerprint density at radius 2 is 0.632 bits per heavy atom. The maximum Gasteiger partial charge on any atom is 0.191 e. The van der Waals surface area contributed by atoms with Crippen molar-refractivity contribution in [2.45, 2.75) is 298 Å². The number of fused-ring (bicyclic) bond motifs is 4. The first-order valence-electron chi connectivity index (χ1n) is 59.5. The molecule has 8 aromatic heterocycles. The van der Waals surface area contributed by atoms with Crippen LogP contribution in [-0.2, 0) is 18.9 Å². The Balaban J connectivity index is 0.000000151. The van der Waals surface area contributed by atoms with E-state index in [-0.39, 0.29) is 230 Å². The zero-order chi connectivity index (χ0) is 125. The summed E-state index contributed by atoms with van der Waals surface area (Å²) in [6.07, 6.45) is -13.0. The molecule has 144 heavy (non-hydrogen) atoms. The van der Waals surface area contributed by atoms with Crippen molar-refractivity contribution < 1.29 is 133 Å². The maximum atomic E-state index is 14.7. The van der Waals surface area contributed by atoms with Crippen LogP contribution in [0.5, 0.6) is 0 Å². The summed E-state index contributed by atoms with van der Waals surface area (Å²) in [5.74, 6) is -7.48. The lowest BCUT2D eigenvalue weighted by Gasteiger charge is -2.17. The van der Waals surface area contributed by atoms with Gasteiger partial charge in [0.2, 0.25) is 0 Å². The van der Waals surface area contributed by atoms with Crippen molar-refractivity contribution in [1.29, 1.82) is 0 Å². The second-order valence-corrected chi connectivity index (χ2v) is 39.0. The molecule has 8 fully saturated rings. The SMILES string of the molecule is [2H]c1c([2H])c([C@]2([2H])C[C@H]2Nc2nc(SC([2H])([2H])CC)nc3c2nnn3[C@@H]2C[C@H](OCCO)[C@@H](O)[C@H]2O)c([2H])c(F)c1C.[2H]c1c([2H])c([C@]2([2H])C[C@H]2Nc2nc(SCCC)nc3c2nnn3[C@@H]2C[C@H](OC([2H])([2H])C([2H])([2H])O)[C@@H](O)[C@H]2O)c([2H])c(F)c1C.[2H]c1c([2H])c([C@]2([2H])C[C@H]2Nc2nc(SCCC)nc3c2nnn3[C@@H]2C[C@H](OC([2H])([2H])CO)[C@@H](O)[C@H]2O)c([2H])c(F)c1C.[2H]c1c([2H])c([C@]2([2H])C[C@H]2Nc2nc(SCCC)nc3c2nnn3[C@@H]2C[C@H](OCC([2H])([2H])O)[C@@H](O)[C@H]2O)c([2H])c(F)c1C. The fraction of sp³-hybridized carbons (Fsp3) is 0.583. The van der Waals surface area contributed by atoms with Gasteiger partial charge < -0.3 is 101 Å². The third-order valence-corrected chi connectivity index (χ3v) is 28.8. The lowest BCUT2D eigenvalue weighted by atomic mass is 10.1. The summed E-state index contributed by atoms with van der Waals surface area (Å²) >= 11 is 4.75. The van der Waals surface area contributed by atoms with Gasteiger partial charge in [0.05, 0.1) is 129 Å². The number of hydrogen-bond donors (Lipinski definition) is 16. The zero-order valence-corrected chi connectivity index (χ0v) is 81.8. The fourth-order valence-electron chi connectivity index (χ4n) is 16.9. The molecule has 776 valence electrons. The average Bonchev–Trinajstić information content (AvgIpc) is 1.56. The second-order valence-electron chi connectivity index (χ2n) is 35.0. The molecule has 0 radical (unpaired) electrons. The Kier molecular flexibility index (Phi) is 25.3. The maximum absolute atomic E-state index is 14.7. The highest BCUT2D eigenvalue weighted by atomic mass is 32.2. The topological polar surface area (TPSA) is 554 Å². The molecule has 0 spiro atoms. The van der Waals surface area contributed by atoms with E-state index in [9.17, 15) is 73.7 Å². The van der Waals surface area contributed by atoms with E-state index >= 15 is 0 Å². The van der Waals surface area contributed by atoms with Crippen LogP contribution in [0.25, 0.3) is 44.7 Å². The molecule has 16 N–H and O–H groups in total. The van der Waals surface area contributed by atoms with Gasteiger partial charge in [-0.2, -0.15) is 0 Å². The number of nitrogens with one attached hydrogen (secondary N) is 4. The first-order chi connectivity index (χ1) is 79.6. The van der Waals surface area contributed by atoms with Crippen LogP contribution in [0.1, 0.15) is 233 Å². The van der Waals surface area contributed by atoms with Crippen LogP contribution in [0.2, 0.25) is 0 Å². The number of benzene rings is 4. The van der Waals surface area contributed by atoms with E-state index in [1.165, 1.54) is 81.7 Å². The molecule has 12 aromatic rings. The molecule has 24 atom stereocenters. The van der Waals surface area contributed by atoms with Crippen molar-refractivity contribution in [2.24, 2.45) is 0 Å². The van der Waals surface area contributed by atoms with Gasteiger partial charge in [0.25, 0.3) is 0 Å². The molecule has 48 heteroatoms. The van der Waals surface area contributed by atoms with Gasteiger partial charge in [-0.25, -0.2) is 76.2 Å². The Morgan fingerprint density at radius 1 is 0.354 bits per heavy atom. The number of hydrogen-bond acceptors (Lipinski definition) is 40. The molecule has 0 aliphatic heterocycles. The quantitative estimate of drug-likeness (QED) is 0.00969. The third kappa shape index (κ3) is 23.8. The molecule has 8 heterocycles. The van der Waals surface area contributed by atoms with Crippen molar-refractivity contribution >= 4 is 115 Å². The van der Waals surface area contributed by atoms with Crippen LogP contribution >= 0.6 is 47.0 Å². The largest absolute Gasteiger partial charge is 0.394 e. The number of rotatable bonds is 40. The van der Waals surface area contributed by atoms with Crippen molar-refractivity contribution in [1.82, 2.24) is 99.8 Å². The van der Waals surface area contributed by atoms with Gasteiger partial charge in [0, 0.05) is 105 Å². The Labute approximate surface area is 880 Å². The van der Waals surface area contributed by atoms with Crippen molar-refractivity contribution in [3.8, 4) is 0 Å². The van der Waals surface area contributed by atoms with E-state index in [2.05, 4.69) is 102 Å². The smallest absolute Gasteiger partial charge is 0.191 e. The number of nitrogens with zero attached hydrogens (tertiary/aromatic N) is 20. The second kappa shape index (κ2) is 47.3. The molecular formula is C96H124F4N24O16S4. The van der Waals surface area contributed by atoms with Crippen LogP contribution in [0.15, 0.2) is 93.1 Å². The van der Waals surface area contributed by atoms with Gasteiger partial charge in [-0.15, -0.1) is 20.4 Å². The molecule has 0 amide bonds. The average molecular weight is 2100 g/mol. The van der Waals surface area contributed by atoms with Crippen LogP contribution in [0.4, 0.5) is 40.8 Å². The minimum Gasteiger partial charge on any atom is -0.394 e. The Bertz CT molecular complexity index is 7830. The highest BCUT2D eigenvalue weighted by Gasteiger charge is 2.51. The summed E-state index contributed by atoms with van der Waals surface area (Å²) in [4.78, 5) is 36.1. The van der Waals surface area contributed by atoms with E-state index in [0.29, 0.717) is 27.6 Å². The molecule has 8 aliphatic carbocycles. The van der Waals surface area contributed by atoms with E-state index in [4.69, 9.17) is 59.7 Å². The van der Waals surface area contributed by atoms with Gasteiger partial charge in [0.1, 0.15) is 72.1 Å². The number of aromatic nitrogens is 20. The molecule has 40 nitrogen and oxygen atoms in total. The lowest BCUT2D eigenvalue weighted by molar-refractivity contribution is -0.0629. The number of ether oxygens (including phenoxy) is 4. The first kappa shape index (κ1) is 76.9. The molecular weight excluding hydrogens is 1950 g/mol. The molecule has 20 rings (SSSR count). The lowest BCUT2D eigenvalue weighted by Crippen LogP contribution is -2.33. The van der Waals surface area contributed by atoms with Gasteiger partial charge in [0.15, 0.2) is 88.6 Å². The number of halogens is 4. The van der Waals surface area contributed by atoms with Crippen LogP contribution in [0, 0.1) is 51.0 Å². The monoisotopic (exact) mass is 2100 g/mol. The summed E-state index contributed by atoms with van der Waals surface area (Å²) in [5.41, 5.74) is -1.76. The number of thioether (sulfide) groups is 4. The van der Waals surface area contributed by atoms with Crippen LogP contribution < -0.4 is 21.3 Å². The third-order valence-electron chi connectivity index (χ3n) is 24.8. The van der Waals surface area contributed by atoms with Crippen molar-refractivity contribution in [3.05, 3.63) is 140 Å². The molecule has 0 unspecified atom stereocenters. The van der Waals surface area contributed by atoms with Gasteiger partial charge in [-0.1, -0.05) is 144 Å². The van der Waals surface area contributed by atoms with E-state index in [1.807, 2.05) is 20.8 Å². The first-order valence-corrected chi connectivity index (χ1v) is 50.3. The summed E-state index contributed by atoms with van der Waals surface area (Å²) in [6, 6.07) is -11.9. The van der Waals surface area contributed by atoms with Crippen LogP contribution in [-0.4, -0.2) is 334 Å². The molecule has 8 aliphatic rings. The molecule has 0 saturated heterocycles. The standard InChI is InChI=1S/4C24H31FN6O4S/c4*1-3-8-36-24-27-22(26-16-10-14(16)13-5-4-12(2)15(25)9-13)19-23(28-24)31(30-29-19)17-11-18(35-7-6-32)21(34)20(17)33/h4*4-5,9,14,16-18,20-21,32-34H,3,6-8,10-11H2,1-2H3,(H,26,27,28)/t4*14-,16+,17+,18-,20-,21+/m0000/s1/i4D,5D,6D2,7D2,9D,14D;4D,5D,8D2,9D,14D;4D,5D,7D2,9D,14D;4D,5D,6D2,9D,14D. The van der Waals surface area contributed by atoms with Crippen molar-refractivity contribution in [2.75, 3.05) is 96.9 Å². The molecule has 8 saturated carbocycles. The highest BCUT2D eigenvalue weighted by molar-refractivity contribution is 7.99. The van der Waals surface area contributed by atoms with E-state index in [0.717, 1.165) is 31.0 Å². The zero-order valence-electron chi connectivity index (χ0n) is 105. The molecule has 4 aromatic carbocycles. The van der Waals surface area contributed by atoms with E-state index in [1.54, 1.807) is 6.92 Å². The minimum absolute atomic E-state index is 0.00920. The predicted octanol–water partition coefficient (Wildman–Crippen LogP) is 8.73. The summed E-state index contributed by atoms with van der Waals surface area (Å²) in [5, 5.41) is 169. The molecule has 0 bridgehead atoms. The minimum atomic E-state index is -3.39. The fourth-order valence-corrected chi connectivity index (χ4v) is 19.5. The number of anilines is 4. The van der Waals surface area contributed by atoms with Gasteiger partial charge >= 0.3 is 0 Å². The van der Waals surface area contributed by atoms with Gasteiger partial charge in [-0.05, 0) is 148 Å². The number of aliphatic hydroxyl groups excluding tert-OH is 10. The highest BCUT2D eigenvalue weighted by Crippen LogP contribution is 2.50. The predicted molar refractivity (Wildman–Crippen MR) is 530 cm³/mol. The van der Waals surface area contributed by atoms with Crippen LogP contribution in [0.3, 0.4) is 0 Å². The Hall–Kier alpha value is -9.52. The number of aliphatic hydroxyl groups is 12. The van der Waals surface area contributed by atoms with E-state index < -0.39 is 250 Å². The van der Waals surface area contributed by atoms with Gasteiger partial charge in [-0.3, -0.25) is 0 Å². The van der Waals surface area contributed by atoms with Crippen molar-refractivity contribution in [3.63, 3.8) is 0 Å². The summed E-state index contributed by atoms with van der Waals surface area (Å²) in [6.45, 7) is -0.734. The Morgan fingerprint density at radius 3 is 0.896 bits per heavy atom. The summed E-state index contributed by atoms with van der Waals surface area (Å²) < 4.78 is 295. The normalized spacial score (nSPS) is 32.8. The summed E-state index contributed by atoms with van der Waals surface area (Å²) in [7, 11) is 0.